The summed E-state index contributed by atoms with van der Waals surface area (Å²) in [5.41, 5.74) is 3.36. The Labute approximate surface area is 194 Å². The van der Waals surface area contributed by atoms with Gasteiger partial charge in [0.25, 0.3) is 5.56 Å². The van der Waals surface area contributed by atoms with Crippen molar-refractivity contribution in [3.05, 3.63) is 92.8 Å². The zero-order chi connectivity index (χ0) is 23.6. The summed E-state index contributed by atoms with van der Waals surface area (Å²) in [6, 6.07) is 16.8. The number of phenolic OH excluding ortho intramolecular Hbond substituents is 1. The number of carbonyl (C=O) groups excluding carboxylic acids is 1. The van der Waals surface area contributed by atoms with Crippen LogP contribution in [0.1, 0.15) is 41.2 Å². The van der Waals surface area contributed by atoms with Gasteiger partial charge in [0.15, 0.2) is 5.60 Å². The third-order valence-electron chi connectivity index (χ3n) is 7.01. The number of phenols is 1. The first kappa shape index (κ1) is 20.6. The molecular formula is C27H22N2O5. The van der Waals surface area contributed by atoms with Gasteiger partial charge in [-0.15, -0.1) is 0 Å². The second-order valence-electron chi connectivity index (χ2n) is 8.88. The van der Waals surface area contributed by atoms with Crippen molar-refractivity contribution in [2.75, 3.05) is 0 Å². The molecule has 2 aromatic heterocycles. The number of esters is 1. The number of nitrogens with zero attached hydrogens (tertiary/aromatic N) is 2. The Morgan fingerprint density at radius 3 is 2.65 bits per heavy atom. The molecule has 0 radical (unpaired) electrons. The lowest BCUT2D eigenvalue weighted by molar-refractivity contribution is -0.172. The van der Waals surface area contributed by atoms with Crippen LogP contribution in [0.15, 0.2) is 59.4 Å². The summed E-state index contributed by atoms with van der Waals surface area (Å²) in [6.45, 7) is 1.84. The molecule has 4 heterocycles. The van der Waals surface area contributed by atoms with Crippen molar-refractivity contribution < 1.29 is 19.7 Å². The summed E-state index contributed by atoms with van der Waals surface area (Å²) in [7, 11) is 0. The van der Waals surface area contributed by atoms with Gasteiger partial charge in [0.2, 0.25) is 0 Å². The number of cyclic esters (lactones) is 1. The van der Waals surface area contributed by atoms with Crippen LogP contribution in [0.4, 0.5) is 0 Å². The van der Waals surface area contributed by atoms with E-state index >= 15 is 0 Å². The van der Waals surface area contributed by atoms with Crippen molar-refractivity contribution >= 4 is 16.9 Å². The number of ether oxygens (including phenoxy) is 1. The largest absolute Gasteiger partial charge is 0.508 e. The quantitative estimate of drug-likeness (QED) is 0.406. The van der Waals surface area contributed by atoms with Crippen LogP contribution in [0, 0.1) is 0 Å². The summed E-state index contributed by atoms with van der Waals surface area (Å²) < 4.78 is 6.80. The van der Waals surface area contributed by atoms with Gasteiger partial charge in [-0.05, 0) is 48.2 Å². The number of pyridine rings is 2. The van der Waals surface area contributed by atoms with Crippen molar-refractivity contribution in [2.24, 2.45) is 0 Å². The van der Waals surface area contributed by atoms with Crippen molar-refractivity contribution in [3.63, 3.8) is 0 Å². The molecule has 2 N–H and O–H groups in total. The van der Waals surface area contributed by atoms with E-state index < -0.39 is 11.6 Å². The van der Waals surface area contributed by atoms with Crippen LogP contribution in [-0.2, 0) is 34.7 Å². The second-order valence-corrected chi connectivity index (χ2v) is 8.88. The molecule has 2 aliphatic rings. The number of aliphatic hydroxyl groups is 1. The van der Waals surface area contributed by atoms with Gasteiger partial charge in [0.05, 0.1) is 29.0 Å². The maximum absolute atomic E-state index is 13.5. The molecule has 0 fully saturated rings. The summed E-state index contributed by atoms with van der Waals surface area (Å²) in [4.78, 5) is 30.8. The third kappa shape index (κ3) is 2.83. The molecule has 7 nitrogen and oxygen atoms in total. The minimum Gasteiger partial charge on any atom is -0.508 e. The lowest BCUT2D eigenvalue weighted by atomic mass is 9.86. The molecule has 0 amide bonds. The smallest absolute Gasteiger partial charge is 0.343 e. The molecule has 0 spiro atoms. The minimum atomic E-state index is -1.86. The topological polar surface area (TPSA) is 102 Å². The number of aromatic nitrogens is 2. The SMILES string of the molecule is CCC1(O)C(=O)OCc2c1cc1n(c2=O)Cc2c-1nc1ccc(O)cc1c2Cc1ccccc1. The van der Waals surface area contributed by atoms with Crippen molar-refractivity contribution in [3.8, 4) is 17.1 Å². The highest BCUT2D eigenvalue weighted by Gasteiger charge is 2.45. The van der Waals surface area contributed by atoms with Crippen molar-refractivity contribution in [1.82, 2.24) is 9.55 Å². The van der Waals surface area contributed by atoms with Crippen LogP contribution in [0.5, 0.6) is 5.75 Å². The predicted molar refractivity (Wildman–Crippen MR) is 125 cm³/mol. The monoisotopic (exact) mass is 454 g/mol. The van der Waals surface area contributed by atoms with Gasteiger partial charge < -0.3 is 19.5 Å². The first-order valence-electron chi connectivity index (χ1n) is 11.3. The fourth-order valence-electron chi connectivity index (χ4n) is 5.15. The average Bonchev–Trinajstić information content (AvgIpc) is 3.21. The second kappa shape index (κ2) is 7.27. The molecule has 1 atom stereocenters. The van der Waals surface area contributed by atoms with Gasteiger partial charge in [-0.3, -0.25) is 4.79 Å². The lowest BCUT2D eigenvalue weighted by Gasteiger charge is -2.31. The van der Waals surface area contributed by atoms with E-state index in [0.29, 0.717) is 41.0 Å². The Balaban J connectivity index is 1.63. The molecule has 0 saturated carbocycles. The molecule has 34 heavy (non-hydrogen) atoms. The molecule has 0 bridgehead atoms. The van der Waals surface area contributed by atoms with Gasteiger partial charge in [-0.25, -0.2) is 9.78 Å². The van der Waals surface area contributed by atoms with Crippen LogP contribution in [0.2, 0.25) is 0 Å². The number of benzene rings is 2. The number of fused-ring (bicyclic) bond motifs is 5. The third-order valence-corrected chi connectivity index (χ3v) is 7.01. The fraction of sp³-hybridized carbons (Fsp3) is 0.222. The Kier molecular flexibility index (Phi) is 4.41. The van der Waals surface area contributed by atoms with Gasteiger partial charge in [0, 0.05) is 16.5 Å². The van der Waals surface area contributed by atoms with Gasteiger partial charge >= 0.3 is 5.97 Å². The van der Waals surface area contributed by atoms with Crippen LogP contribution in [0.3, 0.4) is 0 Å². The predicted octanol–water partition coefficient (Wildman–Crippen LogP) is 3.38. The van der Waals surface area contributed by atoms with E-state index in [9.17, 15) is 19.8 Å². The van der Waals surface area contributed by atoms with E-state index in [1.807, 2.05) is 30.3 Å². The minimum absolute atomic E-state index is 0.0955. The van der Waals surface area contributed by atoms with Gasteiger partial charge in [0.1, 0.15) is 12.4 Å². The Bertz CT molecular complexity index is 1560. The molecule has 2 aromatic carbocycles. The van der Waals surface area contributed by atoms with Crippen LogP contribution < -0.4 is 5.56 Å². The summed E-state index contributed by atoms with van der Waals surface area (Å²) in [5.74, 6) is -0.591. The molecule has 2 aliphatic heterocycles. The highest BCUT2D eigenvalue weighted by Crippen LogP contribution is 2.41. The normalized spacial score (nSPS) is 18.4. The van der Waals surface area contributed by atoms with Gasteiger partial charge in [-0.1, -0.05) is 37.3 Å². The standard InChI is InChI=1S/C27H22N2O5/c1-2-27(33)21-12-23-24-19(13-29(23)25(31)20(21)14-34-26(27)32)17(10-15-6-4-3-5-7-15)18-11-16(30)8-9-22(18)28-24/h3-9,11-12,30,33H,2,10,13-14H2,1H3. The van der Waals surface area contributed by atoms with Gasteiger partial charge in [-0.2, -0.15) is 0 Å². The Morgan fingerprint density at radius 1 is 1.09 bits per heavy atom. The van der Waals surface area contributed by atoms with E-state index in [0.717, 1.165) is 22.1 Å². The molecule has 6 rings (SSSR count). The lowest BCUT2D eigenvalue weighted by Crippen LogP contribution is -2.44. The first-order valence-corrected chi connectivity index (χ1v) is 11.3. The van der Waals surface area contributed by atoms with Crippen LogP contribution in [0.25, 0.3) is 22.3 Å². The Hall–Kier alpha value is -3.97. The van der Waals surface area contributed by atoms with E-state index in [1.165, 1.54) is 0 Å². The summed E-state index contributed by atoms with van der Waals surface area (Å²) >= 11 is 0. The molecule has 0 saturated heterocycles. The number of hydrogen-bond donors (Lipinski definition) is 2. The first-order chi connectivity index (χ1) is 16.4. The van der Waals surface area contributed by atoms with E-state index in [4.69, 9.17) is 9.72 Å². The average molecular weight is 454 g/mol. The molecule has 0 aliphatic carbocycles. The molecular weight excluding hydrogens is 432 g/mol. The molecule has 170 valence electrons. The zero-order valence-electron chi connectivity index (χ0n) is 18.5. The number of rotatable bonds is 3. The van der Waals surface area contributed by atoms with Crippen LogP contribution >= 0.6 is 0 Å². The van der Waals surface area contributed by atoms with E-state index in [1.54, 1.807) is 35.8 Å². The Morgan fingerprint density at radius 2 is 1.88 bits per heavy atom. The maximum atomic E-state index is 13.5. The van der Waals surface area contributed by atoms with Crippen LogP contribution in [-0.4, -0.2) is 25.7 Å². The van der Waals surface area contributed by atoms with E-state index in [-0.39, 0.29) is 24.3 Å². The number of aromatic hydroxyl groups is 1. The molecule has 1 unspecified atom stereocenters. The maximum Gasteiger partial charge on any atom is 0.343 e. The summed E-state index contributed by atoms with van der Waals surface area (Å²) in [6.07, 6.45) is 0.701. The highest BCUT2D eigenvalue weighted by molar-refractivity contribution is 5.90. The molecule has 7 heteroatoms. The zero-order valence-corrected chi connectivity index (χ0v) is 18.5. The number of hydrogen-bond acceptors (Lipinski definition) is 6. The summed E-state index contributed by atoms with van der Waals surface area (Å²) in [5, 5.41) is 22.1. The van der Waals surface area contributed by atoms with Crippen molar-refractivity contribution in [2.45, 2.75) is 38.5 Å². The number of carbonyl (C=O) groups is 1. The van der Waals surface area contributed by atoms with E-state index in [2.05, 4.69) is 0 Å². The highest BCUT2D eigenvalue weighted by atomic mass is 16.6. The molecule has 4 aromatic rings. The fourth-order valence-corrected chi connectivity index (χ4v) is 5.15. The van der Waals surface area contributed by atoms with Crippen molar-refractivity contribution in [1.29, 1.82) is 0 Å².